The molecule has 0 spiro atoms. The molecule has 152 valence electrons. The SMILES string of the molecule is Cc1nn(C)cc1CN1CCN(C(=O)c2cc(-c3ccc(Cl)c(Cl)c3)n[nH]2)CC1. The lowest BCUT2D eigenvalue weighted by Crippen LogP contribution is -2.48. The predicted molar refractivity (Wildman–Crippen MR) is 113 cm³/mol. The van der Waals surface area contributed by atoms with E-state index in [4.69, 9.17) is 23.2 Å². The van der Waals surface area contributed by atoms with Crippen LogP contribution in [0.15, 0.2) is 30.5 Å². The number of aromatic nitrogens is 4. The molecule has 1 aliphatic heterocycles. The number of hydrogen-bond acceptors (Lipinski definition) is 4. The number of rotatable bonds is 4. The zero-order valence-electron chi connectivity index (χ0n) is 16.3. The molecule has 3 aromatic rings. The molecule has 1 N–H and O–H groups in total. The first-order chi connectivity index (χ1) is 13.9. The molecule has 0 atom stereocenters. The summed E-state index contributed by atoms with van der Waals surface area (Å²) in [7, 11) is 1.93. The predicted octanol–water partition coefficient (Wildman–Crippen LogP) is 3.38. The van der Waals surface area contributed by atoms with Gasteiger partial charge in [-0.25, -0.2) is 0 Å². The summed E-state index contributed by atoms with van der Waals surface area (Å²) in [5.74, 6) is -0.0407. The summed E-state index contributed by atoms with van der Waals surface area (Å²) in [6.45, 7) is 5.90. The third-order valence-corrected chi connectivity index (χ3v) is 5.93. The number of aryl methyl sites for hydroxylation is 2. The van der Waals surface area contributed by atoms with E-state index in [0.29, 0.717) is 34.5 Å². The van der Waals surface area contributed by atoms with Gasteiger partial charge in [-0.15, -0.1) is 0 Å². The Morgan fingerprint density at radius 3 is 2.55 bits per heavy atom. The molecule has 29 heavy (non-hydrogen) atoms. The van der Waals surface area contributed by atoms with Gasteiger partial charge in [-0.3, -0.25) is 19.5 Å². The van der Waals surface area contributed by atoms with Gasteiger partial charge in [-0.2, -0.15) is 10.2 Å². The topological polar surface area (TPSA) is 70.1 Å². The monoisotopic (exact) mass is 432 g/mol. The van der Waals surface area contributed by atoms with E-state index in [1.165, 1.54) is 5.56 Å². The molecule has 0 radical (unpaired) electrons. The molecule has 4 rings (SSSR count). The lowest BCUT2D eigenvalue weighted by Gasteiger charge is -2.34. The van der Waals surface area contributed by atoms with Crippen molar-refractivity contribution in [2.45, 2.75) is 13.5 Å². The summed E-state index contributed by atoms with van der Waals surface area (Å²) in [6, 6.07) is 7.05. The fourth-order valence-electron chi connectivity index (χ4n) is 3.56. The minimum atomic E-state index is -0.0407. The van der Waals surface area contributed by atoms with Crippen molar-refractivity contribution >= 4 is 29.1 Å². The molecule has 1 amide bonds. The molecule has 7 nitrogen and oxygen atoms in total. The van der Waals surface area contributed by atoms with Gasteiger partial charge in [0, 0.05) is 57.1 Å². The van der Waals surface area contributed by atoms with Crippen LogP contribution in [-0.2, 0) is 13.6 Å². The summed E-state index contributed by atoms with van der Waals surface area (Å²) in [5, 5.41) is 12.5. The Hall–Kier alpha value is -2.35. The number of halogens is 2. The highest BCUT2D eigenvalue weighted by atomic mass is 35.5. The minimum absolute atomic E-state index is 0.0407. The largest absolute Gasteiger partial charge is 0.335 e. The summed E-state index contributed by atoms with van der Waals surface area (Å²) >= 11 is 12.1. The number of amides is 1. The first-order valence-corrected chi connectivity index (χ1v) is 10.2. The summed E-state index contributed by atoms with van der Waals surface area (Å²) in [6.07, 6.45) is 2.06. The van der Waals surface area contributed by atoms with Gasteiger partial charge in [0.05, 0.1) is 21.4 Å². The molecule has 0 saturated carbocycles. The highest BCUT2D eigenvalue weighted by Gasteiger charge is 2.24. The van der Waals surface area contributed by atoms with Crippen LogP contribution >= 0.6 is 23.2 Å². The van der Waals surface area contributed by atoms with E-state index in [1.54, 1.807) is 18.2 Å². The number of benzene rings is 1. The van der Waals surface area contributed by atoms with Crippen LogP contribution in [0.1, 0.15) is 21.7 Å². The molecule has 9 heteroatoms. The number of aromatic amines is 1. The lowest BCUT2D eigenvalue weighted by atomic mass is 10.1. The Morgan fingerprint density at radius 2 is 1.90 bits per heavy atom. The average Bonchev–Trinajstić information content (AvgIpc) is 3.31. The highest BCUT2D eigenvalue weighted by Crippen LogP contribution is 2.28. The van der Waals surface area contributed by atoms with Crippen LogP contribution in [0.5, 0.6) is 0 Å². The maximum Gasteiger partial charge on any atom is 0.271 e. The molecule has 0 aliphatic carbocycles. The second-order valence-electron chi connectivity index (χ2n) is 7.28. The van der Waals surface area contributed by atoms with E-state index in [2.05, 4.69) is 26.4 Å². The van der Waals surface area contributed by atoms with Gasteiger partial charge >= 0.3 is 0 Å². The van der Waals surface area contributed by atoms with Gasteiger partial charge in [0.2, 0.25) is 0 Å². The molecule has 1 saturated heterocycles. The third-order valence-electron chi connectivity index (χ3n) is 5.19. The number of nitrogens with zero attached hydrogens (tertiary/aromatic N) is 5. The zero-order chi connectivity index (χ0) is 20.5. The maximum absolute atomic E-state index is 12.9. The normalized spacial score (nSPS) is 15.1. The van der Waals surface area contributed by atoms with Crippen molar-refractivity contribution in [1.82, 2.24) is 29.8 Å². The smallest absolute Gasteiger partial charge is 0.271 e. The highest BCUT2D eigenvalue weighted by molar-refractivity contribution is 6.42. The van der Waals surface area contributed by atoms with Gasteiger partial charge in [0.1, 0.15) is 5.69 Å². The van der Waals surface area contributed by atoms with Crippen LogP contribution in [-0.4, -0.2) is 61.9 Å². The average molecular weight is 433 g/mol. The van der Waals surface area contributed by atoms with Crippen LogP contribution in [0, 0.1) is 6.92 Å². The van der Waals surface area contributed by atoms with Gasteiger partial charge in [0.25, 0.3) is 5.91 Å². The second kappa shape index (κ2) is 8.18. The van der Waals surface area contributed by atoms with Crippen molar-refractivity contribution in [3.63, 3.8) is 0 Å². The van der Waals surface area contributed by atoms with Crippen molar-refractivity contribution in [2.75, 3.05) is 26.2 Å². The Morgan fingerprint density at radius 1 is 1.14 bits per heavy atom. The van der Waals surface area contributed by atoms with Crippen LogP contribution in [0.4, 0.5) is 0 Å². The van der Waals surface area contributed by atoms with Crippen LogP contribution in [0.2, 0.25) is 10.0 Å². The summed E-state index contributed by atoms with van der Waals surface area (Å²) in [4.78, 5) is 17.1. The molecule has 1 aromatic carbocycles. The minimum Gasteiger partial charge on any atom is -0.335 e. The Bertz CT molecular complexity index is 1040. The lowest BCUT2D eigenvalue weighted by molar-refractivity contribution is 0.0622. The fourth-order valence-corrected chi connectivity index (χ4v) is 3.86. The molecule has 0 bridgehead atoms. The number of carbonyl (C=O) groups excluding carboxylic acids is 1. The number of hydrogen-bond donors (Lipinski definition) is 1. The Kier molecular flexibility index (Phi) is 5.63. The summed E-state index contributed by atoms with van der Waals surface area (Å²) in [5.41, 5.74) is 4.23. The van der Waals surface area contributed by atoms with Crippen molar-refractivity contribution < 1.29 is 4.79 Å². The van der Waals surface area contributed by atoms with Crippen molar-refractivity contribution in [3.05, 3.63) is 57.5 Å². The van der Waals surface area contributed by atoms with Gasteiger partial charge in [0.15, 0.2) is 0 Å². The molecule has 0 unspecified atom stereocenters. The van der Waals surface area contributed by atoms with Crippen LogP contribution in [0.25, 0.3) is 11.3 Å². The van der Waals surface area contributed by atoms with Gasteiger partial charge in [-0.05, 0) is 25.1 Å². The van der Waals surface area contributed by atoms with E-state index in [9.17, 15) is 4.79 Å². The zero-order valence-corrected chi connectivity index (χ0v) is 17.8. The Balaban J connectivity index is 1.38. The Labute approximate surface area is 179 Å². The first kappa shape index (κ1) is 19.9. The quantitative estimate of drug-likeness (QED) is 0.685. The van der Waals surface area contributed by atoms with Crippen LogP contribution in [0.3, 0.4) is 0 Å². The van der Waals surface area contributed by atoms with E-state index >= 15 is 0 Å². The van der Waals surface area contributed by atoms with E-state index in [1.807, 2.05) is 29.6 Å². The van der Waals surface area contributed by atoms with Gasteiger partial charge in [-0.1, -0.05) is 29.3 Å². The van der Waals surface area contributed by atoms with E-state index < -0.39 is 0 Å². The third kappa shape index (κ3) is 4.32. The van der Waals surface area contributed by atoms with Crippen molar-refractivity contribution in [2.24, 2.45) is 7.05 Å². The van der Waals surface area contributed by atoms with Gasteiger partial charge < -0.3 is 4.90 Å². The molecular formula is C20H22Cl2N6O. The van der Waals surface area contributed by atoms with E-state index in [0.717, 1.165) is 30.9 Å². The number of nitrogens with one attached hydrogen (secondary N) is 1. The maximum atomic E-state index is 12.9. The standard InChI is InChI=1S/C20H22Cl2N6O/c1-13-15(11-26(2)25-13)12-27-5-7-28(8-6-27)20(29)19-10-18(23-24-19)14-3-4-16(21)17(22)9-14/h3-4,9-11H,5-8,12H2,1-2H3,(H,23,24). The van der Waals surface area contributed by atoms with Crippen LogP contribution < -0.4 is 0 Å². The van der Waals surface area contributed by atoms with E-state index in [-0.39, 0.29) is 5.91 Å². The van der Waals surface area contributed by atoms with Crippen molar-refractivity contribution in [3.8, 4) is 11.3 Å². The first-order valence-electron chi connectivity index (χ1n) is 9.42. The second-order valence-corrected chi connectivity index (χ2v) is 8.09. The van der Waals surface area contributed by atoms with Crippen molar-refractivity contribution in [1.29, 1.82) is 0 Å². The fraction of sp³-hybridized carbons (Fsp3) is 0.350. The number of piperazine rings is 1. The molecule has 1 aliphatic rings. The number of carbonyl (C=O) groups is 1. The molecule has 2 aromatic heterocycles. The molecule has 3 heterocycles. The molecule has 1 fully saturated rings. The molecular weight excluding hydrogens is 411 g/mol. The number of H-pyrrole nitrogens is 1. The summed E-state index contributed by atoms with van der Waals surface area (Å²) < 4.78 is 1.84.